The molecule has 2 aromatic carbocycles. The normalized spacial score (nSPS) is 17.8. The van der Waals surface area contributed by atoms with Crippen LogP contribution in [-0.4, -0.2) is 34.9 Å². The SMILES string of the molecule is CCCCNC(=O)NCc1ccc(CN2C(=N)N[C@](C)(Cc3ccc(F)cc3F)C2=O)cc1. The molecular weight excluding hydrogens is 428 g/mol. The minimum atomic E-state index is -1.20. The van der Waals surface area contributed by atoms with E-state index in [4.69, 9.17) is 5.41 Å². The highest BCUT2D eigenvalue weighted by molar-refractivity contribution is 6.07. The van der Waals surface area contributed by atoms with Gasteiger partial charge < -0.3 is 16.0 Å². The molecule has 2 aromatic rings. The van der Waals surface area contributed by atoms with Crippen molar-refractivity contribution >= 4 is 17.9 Å². The van der Waals surface area contributed by atoms with Gasteiger partial charge in [0.25, 0.3) is 5.91 Å². The molecule has 4 N–H and O–H groups in total. The molecule has 1 atom stereocenters. The van der Waals surface area contributed by atoms with E-state index in [1.54, 1.807) is 6.92 Å². The number of carbonyl (C=O) groups is 2. The number of rotatable bonds is 9. The zero-order valence-electron chi connectivity index (χ0n) is 18.8. The number of hydrogen-bond acceptors (Lipinski definition) is 3. The molecule has 3 rings (SSSR count). The molecule has 3 amide bonds. The van der Waals surface area contributed by atoms with Crippen LogP contribution in [0.4, 0.5) is 13.6 Å². The van der Waals surface area contributed by atoms with Gasteiger partial charge in [0.2, 0.25) is 0 Å². The van der Waals surface area contributed by atoms with Crippen molar-refractivity contribution in [2.24, 2.45) is 0 Å². The number of amides is 3. The highest BCUT2D eigenvalue weighted by Crippen LogP contribution is 2.25. The molecule has 0 aliphatic carbocycles. The molecule has 1 heterocycles. The van der Waals surface area contributed by atoms with Crippen molar-refractivity contribution in [2.45, 2.75) is 51.7 Å². The molecule has 0 spiro atoms. The molecule has 176 valence electrons. The summed E-state index contributed by atoms with van der Waals surface area (Å²) >= 11 is 0. The maximum absolute atomic E-state index is 14.1. The summed E-state index contributed by atoms with van der Waals surface area (Å²) in [6, 6.07) is 10.4. The molecule has 1 fully saturated rings. The van der Waals surface area contributed by atoms with E-state index in [9.17, 15) is 18.4 Å². The Kier molecular flexibility index (Phi) is 7.63. The quantitative estimate of drug-likeness (QED) is 0.434. The second-order valence-electron chi connectivity index (χ2n) is 8.39. The van der Waals surface area contributed by atoms with Crippen molar-refractivity contribution in [1.29, 1.82) is 5.41 Å². The summed E-state index contributed by atoms with van der Waals surface area (Å²) in [7, 11) is 0. The zero-order valence-corrected chi connectivity index (χ0v) is 18.8. The molecule has 0 radical (unpaired) electrons. The van der Waals surface area contributed by atoms with E-state index in [0.29, 0.717) is 13.1 Å². The lowest BCUT2D eigenvalue weighted by molar-refractivity contribution is -0.130. The number of nitrogens with zero attached hydrogens (tertiary/aromatic N) is 1. The van der Waals surface area contributed by atoms with Crippen molar-refractivity contribution in [1.82, 2.24) is 20.9 Å². The van der Waals surface area contributed by atoms with Crippen LogP contribution in [0.15, 0.2) is 42.5 Å². The summed E-state index contributed by atoms with van der Waals surface area (Å²) in [6.07, 6.45) is 1.93. The number of unbranched alkanes of at least 4 members (excludes halogenated alkanes) is 1. The maximum Gasteiger partial charge on any atom is 0.315 e. The molecule has 0 saturated carbocycles. The van der Waals surface area contributed by atoms with Crippen LogP contribution in [0.1, 0.15) is 43.4 Å². The summed E-state index contributed by atoms with van der Waals surface area (Å²) < 4.78 is 27.3. The van der Waals surface area contributed by atoms with Gasteiger partial charge in [-0.3, -0.25) is 15.1 Å². The first-order chi connectivity index (χ1) is 15.7. The van der Waals surface area contributed by atoms with Gasteiger partial charge in [-0.1, -0.05) is 43.7 Å². The Morgan fingerprint density at radius 3 is 2.48 bits per heavy atom. The van der Waals surface area contributed by atoms with Crippen LogP contribution in [-0.2, 0) is 24.3 Å². The molecule has 0 bridgehead atoms. The predicted molar refractivity (Wildman–Crippen MR) is 121 cm³/mol. The van der Waals surface area contributed by atoms with Gasteiger partial charge in [-0.05, 0) is 36.1 Å². The van der Waals surface area contributed by atoms with Crippen molar-refractivity contribution in [3.63, 3.8) is 0 Å². The van der Waals surface area contributed by atoms with Gasteiger partial charge in [-0.25, -0.2) is 13.6 Å². The summed E-state index contributed by atoms with van der Waals surface area (Å²) in [5.74, 6) is -1.83. The van der Waals surface area contributed by atoms with Crippen molar-refractivity contribution in [2.75, 3.05) is 6.54 Å². The fraction of sp³-hybridized carbons (Fsp3) is 0.375. The molecule has 1 aliphatic heterocycles. The second-order valence-corrected chi connectivity index (χ2v) is 8.39. The number of guanidine groups is 1. The molecule has 0 unspecified atom stereocenters. The average molecular weight is 458 g/mol. The topological polar surface area (TPSA) is 97.3 Å². The second kappa shape index (κ2) is 10.4. The van der Waals surface area contributed by atoms with E-state index in [1.165, 1.54) is 11.0 Å². The van der Waals surface area contributed by atoms with E-state index in [2.05, 4.69) is 22.9 Å². The van der Waals surface area contributed by atoms with Crippen LogP contribution in [0.2, 0.25) is 0 Å². The summed E-state index contributed by atoms with van der Waals surface area (Å²) in [5.41, 5.74) is 0.709. The summed E-state index contributed by atoms with van der Waals surface area (Å²) in [5, 5.41) is 16.6. The highest BCUT2D eigenvalue weighted by Gasteiger charge is 2.46. The first kappa shape index (κ1) is 24.2. The van der Waals surface area contributed by atoms with Crippen LogP contribution in [0.5, 0.6) is 0 Å². The number of benzene rings is 2. The third-order valence-electron chi connectivity index (χ3n) is 5.57. The van der Waals surface area contributed by atoms with Gasteiger partial charge >= 0.3 is 6.03 Å². The molecule has 9 heteroatoms. The van der Waals surface area contributed by atoms with Crippen molar-refractivity contribution in [3.8, 4) is 0 Å². The Bertz CT molecular complexity index is 1030. The minimum Gasteiger partial charge on any atom is -0.342 e. The molecule has 7 nitrogen and oxygen atoms in total. The monoisotopic (exact) mass is 457 g/mol. The fourth-order valence-electron chi connectivity index (χ4n) is 3.67. The lowest BCUT2D eigenvalue weighted by Crippen LogP contribution is -2.46. The van der Waals surface area contributed by atoms with Gasteiger partial charge in [-0.2, -0.15) is 0 Å². The number of urea groups is 1. The number of carbonyl (C=O) groups excluding carboxylic acids is 2. The lowest BCUT2D eigenvalue weighted by Gasteiger charge is -2.22. The molecular formula is C24H29F2N5O2. The van der Waals surface area contributed by atoms with Gasteiger partial charge in [0.15, 0.2) is 5.96 Å². The van der Waals surface area contributed by atoms with Crippen LogP contribution in [0, 0.1) is 17.0 Å². The lowest BCUT2D eigenvalue weighted by atomic mass is 9.92. The van der Waals surface area contributed by atoms with Crippen LogP contribution in [0.25, 0.3) is 0 Å². The van der Waals surface area contributed by atoms with Gasteiger partial charge in [0.1, 0.15) is 17.2 Å². The largest absolute Gasteiger partial charge is 0.342 e. The highest BCUT2D eigenvalue weighted by atomic mass is 19.1. The summed E-state index contributed by atoms with van der Waals surface area (Å²) in [6.45, 7) is 4.85. The van der Waals surface area contributed by atoms with Gasteiger partial charge in [-0.15, -0.1) is 0 Å². The third kappa shape index (κ3) is 6.06. The Labute approximate surface area is 192 Å². The van der Waals surface area contributed by atoms with Gasteiger partial charge in [0.05, 0.1) is 6.54 Å². The molecule has 1 saturated heterocycles. The van der Waals surface area contributed by atoms with Crippen LogP contribution in [0.3, 0.4) is 0 Å². The number of halogens is 2. The van der Waals surface area contributed by atoms with E-state index in [0.717, 1.165) is 36.1 Å². The number of hydrogen-bond donors (Lipinski definition) is 4. The van der Waals surface area contributed by atoms with Crippen LogP contribution < -0.4 is 16.0 Å². The Hall–Kier alpha value is -3.49. The Balaban J connectivity index is 1.58. The minimum absolute atomic E-state index is 0.0121. The number of nitrogens with one attached hydrogen (secondary N) is 4. The maximum atomic E-state index is 14.1. The van der Waals surface area contributed by atoms with E-state index in [1.807, 2.05) is 24.3 Å². The smallest absolute Gasteiger partial charge is 0.315 e. The fourth-order valence-corrected chi connectivity index (χ4v) is 3.67. The van der Waals surface area contributed by atoms with Crippen molar-refractivity contribution in [3.05, 3.63) is 70.8 Å². The standard InChI is InChI=1S/C24H29F2N5O2/c1-3-4-11-28-23(33)29-14-16-5-7-17(8-6-16)15-31-21(32)24(2,30-22(31)27)13-18-9-10-19(25)12-20(18)26/h5-10,12H,3-4,11,13-15H2,1-2H3,(H2,27,30)(H2,28,29,33)/t24-/m1/s1. The third-order valence-corrected chi connectivity index (χ3v) is 5.57. The Morgan fingerprint density at radius 1 is 1.12 bits per heavy atom. The first-order valence-electron chi connectivity index (χ1n) is 10.9. The Morgan fingerprint density at radius 2 is 1.82 bits per heavy atom. The predicted octanol–water partition coefficient (Wildman–Crippen LogP) is 3.43. The summed E-state index contributed by atoms with van der Waals surface area (Å²) in [4.78, 5) is 26.1. The van der Waals surface area contributed by atoms with E-state index >= 15 is 0 Å². The van der Waals surface area contributed by atoms with E-state index < -0.39 is 17.2 Å². The molecule has 0 aromatic heterocycles. The first-order valence-corrected chi connectivity index (χ1v) is 10.9. The molecule has 33 heavy (non-hydrogen) atoms. The van der Waals surface area contributed by atoms with Crippen LogP contribution >= 0.6 is 0 Å². The zero-order chi connectivity index (χ0) is 24.0. The molecule has 1 aliphatic rings. The average Bonchev–Trinajstić information content (AvgIpc) is 2.98. The van der Waals surface area contributed by atoms with E-state index in [-0.39, 0.29) is 36.4 Å². The van der Waals surface area contributed by atoms with Gasteiger partial charge in [0, 0.05) is 25.6 Å². The van der Waals surface area contributed by atoms with Crippen molar-refractivity contribution < 1.29 is 18.4 Å².